The van der Waals surface area contributed by atoms with Crippen LogP contribution >= 0.6 is 0 Å². The highest BCUT2D eigenvalue weighted by atomic mass is 16.5. The van der Waals surface area contributed by atoms with Crippen LogP contribution in [-0.4, -0.2) is 29.5 Å². The van der Waals surface area contributed by atoms with Crippen LogP contribution < -0.4 is 10.1 Å². The summed E-state index contributed by atoms with van der Waals surface area (Å²) in [5.41, 5.74) is 0.492. The molecule has 1 unspecified atom stereocenters. The molecular weight excluding hydrogens is 242 g/mol. The van der Waals surface area contributed by atoms with Gasteiger partial charge >= 0.3 is 0 Å². The maximum absolute atomic E-state index is 10.3. The predicted octanol–water partition coefficient (Wildman–Crippen LogP) is 2.36. The normalized spacial score (nSPS) is 19.3. The molecule has 0 radical (unpaired) electrons. The zero-order valence-corrected chi connectivity index (χ0v) is 11.6. The molecule has 1 aromatic rings. The van der Waals surface area contributed by atoms with Crippen LogP contribution in [0.2, 0.25) is 0 Å². The van der Waals surface area contributed by atoms with E-state index in [1.165, 1.54) is 7.11 Å². The third-order valence-electron chi connectivity index (χ3n) is 3.98. The molecule has 1 aliphatic carbocycles. The summed E-state index contributed by atoms with van der Waals surface area (Å²) in [4.78, 5) is 0. The van der Waals surface area contributed by atoms with Crippen molar-refractivity contribution < 1.29 is 14.9 Å². The fourth-order valence-corrected chi connectivity index (χ4v) is 2.63. The number of ether oxygens (including phenoxy) is 1. The molecule has 4 heteroatoms. The van der Waals surface area contributed by atoms with Crippen LogP contribution in [0.4, 0.5) is 0 Å². The molecular formula is C15H23NO3. The Morgan fingerprint density at radius 3 is 2.68 bits per heavy atom. The standard InChI is InChI=1S/C15H23NO3/c1-11(16-10-15(18)7-3-4-8-15)12-5-6-13(17)14(9-12)19-2/h5-6,9,11,16-18H,3-4,7-8,10H2,1-2H3. The van der Waals surface area contributed by atoms with Gasteiger partial charge in [0.1, 0.15) is 0 Å². The fourth-order valence-electron chi connectivity index (χ4n) is 2.63. The first-order chi connectivity index (χ1) is 9.04. The van der Waals surface area contributed by atoms with Gasteiger partial charge in [-0.05, 0) is 37.5 Å². The Balaban J connectivity index is 1.97. The second-order valence-corrected chi connectivity index (χ2v) is 5.47. The molecule has 4 nitrogen and oxygen atoms in total. The Morgan fingerprint density at radius 1 is 1.37 bits per heavy atom. The van der Waals surface area contributed by atoms with Gasteiger partial charge in [-0.2, -0.15) is 0 Å². The summed E-state index contributed by atoms with van der Waals surface area (Å²) < 4.78 is 5.11. The number of hydrogen-bond donors (Lipinski definition) is 3. The first-order valence-electron chi connectivity index (χ1n) is 6.87. The van der Waals surface area contributed by atoms with Gasteiger partial charge in [0, 0.05) is 12.6 Å². The van der Waals surface area contributed by atoms with E-state index in [9.17, 15) is 10.2 Å². The number of rotatable bonds is 5. The molecule has 0 bridgehead atoms. The van der Waals surface area contributed by atoms with Crippen molar-refractivity contribution >= 4 is 0 Å². The molecule has 0 heterocycles. The van der Waals surface area contributed by atoms with E-state index in [1.54, 1.807) is 6.07 Å². The van der Waals surface area contributed by atoms with Crippen molar-refractivity contribution in [3.05, 3.63) is 23.8 Å². The molecule has 1 fully saturated rings. The topological polar surface area (TPSA) is 61.7 Å². The zero-order chi connectivity index (χ0) is 13.9. The Hall–Kier alpha value is -1.26. The van der Waals surface area contributed by atoms with E-state index >= 15 is 0 Å². The van der Waals surface area contributed by atoms with Crippen molar-refractivity contribution in [3.63, 3.8) is 0 Å². The molecule has 0 spiro atoms. The van der Waals surface area contributed by atoms with Crippen LogP contribution in [0.25, 0.3) is 0 Å². The van der Waals surface area contributed by atoms with Gasteiger partial charge in [-0.3, -0.25) is 0 Å². The average Bonchev–Trinajstić information content (AvgIpc) is 2.84. The molecule has 3 N–H and O–H groups in total. The zero-order valence-electron chi connectivity index (χ0n) is 11.6. The lowest BCUT2D eigenvalue weighted by Crippen LogP contribution is -2.39. The van der Waals surface area contributed by atoms with Crippen LogP contribution in [-0.2, 0) is 0 Å². The van der Waals surface area contributed by atoms with Gasteiger partial charge < -0.3 is 20.3 Å². The monoisotopic (exact) mass is 265 g/mol. The van der Waals surface area contributed by atoms with Gasteiger partial charge in [-0.1, -0.05) is 18.9 Å². The second-order valence-electron chi connectivity index (χ2n) is 5.47. The van der Waals surface area contributed by atoms with Crippen molar-refractivity contribution in [2.45, 2.75) is 44.2 Å². The average molecular weight is 265 g/mol. The van der Waals surface area contributed by atoms with E-state index in [4.69, 9.17) is 4.74 Å². The van der Waals surface area contributed by atoms with Gasteiger partial charge in [0.25, 0.3) is 0 Å². The summed E-state index contributed by atoms with van der Waals surface area (Å²) in [5, 5.41) is 23.2. The SMILES string of the molecule is COc1cc(C(C)NCC2(O)CCCC2)ccc1O. The summed E-state index contributed by atoms with van der Waals surface area (Å²) in [6.07, 6.45) is 3.98. The van der Waals surface area contributed by atoms with Crippen molar-refractivity contribution in [2.24, 2.45) is 0 Å². The van der Waals surface area contributed by atoms with E-state index < -0.39 is 5.60 Å². The van der Waals surface area contributed by atoms with Gasteiger partial charge in [-0.15, -0.1) is 0 Å². The molecule has 106 valence electrons. The van der Waals surface area contributed by atoms with E-state index in [0.717, 1.165) is 31.2 Å². The lowest BCUT2D eigenvalue weighted by molar-refractivity contribution is 0.0453. The number of phenolic OH excluding ortho intramolecular Hbond substituents is 1. The highest BCUT2D eigenvalue weighted by Gasteiger charge is 2.31. The van der Waals surface area contributed by atoms with Crippen LogP contribution in [0.15, 0.2) is 18.2 Å². The minimum Gasteiger partial charge on any atom is -0.504 e. The molecule has 0 saturated heterocycles. The highest BCUT2D eigenvalue weighted by Crippen LogP contribution is 2.31. The first-order valence-corrected chi connectivity index (χ1v) is 6.87. The Morgan fingerprint density at radius 2 is 2.05 bits per heavy atom. The molecule has 0 aliphatic heterocycles. The summed E-state index contributed by atoms with van der Waals surface area (Å²) in [6, 6.07) is 5.44. The number of benzene rings is 1. The molecule has 0 amide bonds. The number of aliphatic hydroxyl groups is 1. The molecule has 19 heavy (non-hydrogen) atoms. The van der Waals surface area contributed by atoms with Gasteiger partial charge in [0.05, 0.1) is 12.7 Å². The Bertz CT molecular complexity index is 427. The van der Waals surface area contributed by atoms with E-state index in [-0.39, 0.29) is 11.8 Å². The highest BCUT2D eigenvalue weighted by molar-refractivity contribution is 5.42. The van der Waals surface area contributed by atoms with Crippen LogP contribution in [0.5, 0.6) is 11.5 Å². The summed E-state index contributed by atoms with van der Waals surface area (Å²) in [6.45, 7) is 2.65. The molecule has 1 saturated carbocycles. The van der Waals surface area contributed by atoms with Gasteiger partial charge in [-0.25, -0.2) is 0 Å². The molecule has 1 atom stereocenters. The Labute approximate surface area is 114 Å². The van der Waals surface area contributed by atoms with E-state index in [1.807, 2.05) is 19.1 Å². The maximum Gasteiger partial charge on any atom is 0.160 e. The third-order valence-corrected chi connectivity index (χ3v) is 3.98. The molecule has 0 aromatic heterocycles. The quantitative estimate of drug-likeness (QED) is 0.765. The lowest BCUT2D eigenvalue weighted by Gasteiger charge is -2.25. The molecule has 2 rings (SSSR count). The van der Waals surface area contributed by atoms with Crippen molar-refractivity contribution in [1.29, 1.82) is 0 Å². The number of nitrogens with one attached hydrogen (secondary N) is 1. The largest absolute Gasteiger partial charge is 0.504 e. The van der Waals surface area contributed by atoms with E-state index in [0.29, 0.717) is 12.3 Å². The van der Waals surface area contributed by atoms with Crippen molar-refractivity contribution in [1.82, 2.24) is 5.32 Å². The number of aromatic hydroxyl groups is 1. The van der Waals surface area contributed by atoms with Gasteiger partial charge in [0.2, 0.25) is 0 Å². The molecule has 1 aliphatic rings. The van der Waals surface area contributed by atoms with Gasteiger partial charge in [0.15, 0.2) is 11.5 Å². The maximum atomic E-state index is 10.3. The van der Waals surface area contributed by atoms with E-state index in [2.05, 4.69) is 5.32 Å². The second kappa shape index (κ2) is 5.80. The smallest absolute Gasteiger partial charge is 0.160 e. The summed E-state index contributed by atoms with van der Waals surface area (Å²) in [7, 11) is 1.54. The fraction of sp³-hybridized carbons (Fsp3) is 0.600. The van der Waals surface area contributed by atoms with Crippen LogP contribution in [0.1, 0.15) is 44.2 Å². The number of phenols is 1. The summed E-state index contributed by atoms with van der Waals surface area (Å²) in [5.74, 6) is 0.624. The lowest BCUT2D eigenvalue weighted by atomic mass is 10.0. The van der Waals surface area contributed by atoms with Crippen LogP contribution in [0, 0.1) is 0 Å². The third kappa shape index (κ3) is 3.39. The first kappa shape index (κ1) is 14.2. The molecule has 1 aromatic carbocycles. The van der Waals surface area contributed by atoms with Crippen molar-refractivity contribution in [3.8, 4) is 11.5 Å². The number of hydrogen-bond acceptors (Lipinski definition) is 4. The minimum absolute atomic E-state index is 0.110. The van der Waals surface area contributed by atoms with Crippen LogP contribution in [0.3, 0.4) is 0 Å². The number of methoxy groups -OCH3 is 1. The van der Waals surface area contributed by atoms with Crippen molar-refractivity contribution in [2.75, 3.05) is 13.7 Å². The summed E-state index contributed by atoms with van der Waals surface area (Å²) >= 11 is 0. The minimum atomic E-state index is -0.546. The predicted molar refractivity (Wildman–Crippen MR) is 74.5 cm³/mol. The Kier molecular flexibility index (Phi) is 4.32.